The van der Waals surface area contributed by atoms with Gasteiger partial charge in [-0.3, -0.25) is 4.79 Å². The standard InChI is InChI=1S/C11H13F2NO4/c1-18-11-6(2-5(12)3-7(11)13)10(17)8(15)4-9(14)16/h2-3,8,10,15,17H,4H2,1H3,(H2,14,16). The van der Waals surface area contributed by atoms with Crippen LogP contribution >= 0.6 is 0 Å². The van der Waals surface area contributed by atoms with Crippen molar-refractivity contribution in [2.45, 2.75) is 18.6 Å². The van der Waals surface area contributed by atoms with E-state index < -0.39 is 41.9 Å². The molecule has 7 heteroatoms. The zero-order valence-corrected chi connectivity index (χ0v) is 9.56. The molecule has 0 aliphatic rings. The van der Waals surface area contributed by atoms with E-state index in [1.54, 1.807) is 0 Å². The maximum atomic E-state index is 13.3. The van der Waals surface area contributed by atoms with E-state index in [1.807, 2.05) is 0 Å². The third-order valence-corrected chi connectivity index (χ3v) is 2.33. The first-order valence-electron chi connectivity index (χ1n) is 5.04. The second-order valence-electron chi connectivity index (χ2n) is 3.69. The van der Waals surface area contributed by atoms with Crippen LogP contribution in [0.2, 0.25) is 0 Å². The van der Waals surface area contributed by atoms with Gasteiger partial charge in [-0.1, -0.05) is 0 Å². The predicted octanol–water partition coefficient (Wildman–Crippen LogP) is 0.243. The zero-order chi connectivity index (χ0) is 13.9. The van der Waals surface area contributed by atoms with E-state index in [-0.39, 0.29) is 5.56 Å². The van der Waals surface area contributed by atoms with Crippen LogP contribution in [0.3, 0.4) is 0 Å². The Bertz CT molecular complexity index is 453. The molecule has 0 fully saturated rings. The molecule has 1 amide bonds. The molecule has 0 aromatic heterocycles. The Morgan fingerprint density at radius 3 is 2.56 bits per heavy atom. The molecule has 0 saturated heterocycles. The van der Waals surface area contributed by atoms with Gasteiger partial charge in [0.2, 0.25) is 5.91 Å². The molecule has 1 aromatic carbocycles. The predicted molar refractivity (Wildman–Crippen MR) is 57.7 cm³/mol. The van der Waals surface area contributed by atoms with Crippen molar-refractivity contribution in [3.05, 3.63) is 29.3 Å². The molecular formula is C11H13F2NO4. The van der Waals surface area contributed by atoms with E-state index in [9.17, 15) is 23.8 Å². The van der Waals surface area contributed by atoms with Crippen molar-refractivity contribution in [1.29, 1.82) is 0 Å². The van der Waals surface area contributed by atoms with E-state index in [2.05, 4.69) is 4.74 Å². The van der Waals surface area contributed by atoms with Crippen molar-refractivity contribution < 1.29 is 28.5 Å². The Hall–Kier alpha value is -1.73. The maximum Gasteiger partial charge on any atom is 0.220 e. The number of methoxy groups -OCH3 is 1. The highest BCUT2D eigenvalue weighted by Crippen LogP contribution is 2.31. The monoisotopic (exact) mass is 261 g/mol. The molecule has 0 spiro atoms. The molecule has 18 heavy (non-hydrogen) atoms. The summed E-state index contributed by atoms with van der Waals surface area (Å²) >= 11 is 0. The van der Waals surface area contributed by atoms with E-state index in [1.165, 1.54) is 0 Å². The molecule has 0 aliphatic heterocycles. The molecule has 4 N–H and O–H groups in total. The van der Waals surface area contributed by atoms with Crippen LogP contribution in [0.4, 0.5) is 8.78 Å². The number of halogens is 2. The largest absolute Gasteiger partial charge is 0.493 e. The van der Waals surface area contributed by atoms with E-state index >= 15 is 0 Å². The number of rotatable bonds is 5. The van der Waals surface area contributed by atoms with Gasteiger partial charge in [0.05, 0.1) is 19.6 Å². The van der Waals surface area contributed by atoms with E-state index in [0.717, 1.165) is 13.2 Å². The Morgan fingerprint density at radius 2 is 2.06 bits per heavy atom. The van der Waals surface area contributed by atoms with Crippen LogP contribution < -0.4 is 10.5 Å². The minimum absolute atomic E-state index is 0.288. The van der Waals surface area contributed by atoms with Gasteiger partial charge in [0, 0.05) is 11.6 Å². The number of hydrogen-bond donors (Lipinski definition) is 3. The minimum Gasteiger partial charge on any atom is -0.493 e. The van der Waals surface area contributed by atoms with Gasteiger partial charge in [0.15, 0.2) is 11.6 Å². The van der Waals surface area contributed by atoms with E-state index in [0.29, 0.717) is 6.07 Å². The number of primary amides is 1. The van der Waals surface area contributed by atoms with Gasteiger partial charge in [-0.25, -0.2) is 8.78 Å². The summed E-state index contributed by atoms with van der Waals surface area (Å²) < 4.78 is 31.1. The first kappa shape index (κ1) is 14.3. The van der Waals surface area contributed by atoms with Crippen LogP contribution in [0.15, 0.2) is 12.1 Å². The molecule has 5 nitrogen and oxygen atoms in total. The molecule has 1 rings (SSSR count). The number of nitrogens with two attached hydrogens (primary N) is 1. The number of aliphatic hydroxyl groups is 2. The van der Waals surface area contributed by atoms with Crippen molar-refractivity contribution in [3.8, 4) is 5.75 Å². The number of ether oxygens (including phenoxy) is 1. The van der Waals surface area contributed by atoms with Gasteiger partial charge in [0.25, 0.3) is 0 Å². The van der Waals surface area contributed by atoms with Crippen LogP contribution in [-0.2, 0) is 4.79 Å². The average Bonchev–Trinajstić information content (AvgIpc) is 2.26. The number of aliphatic hydroxyl groups excluding tert-OH is 2. The quantitative estimate of drug-likeness (QED) is 0.708. The van der Waals surface area contributed by atoms with Crippen molar-refractivity contribution in [1.82, 2.24) is 0 Å². The molecule has 2 unspecified atom stereocenters. The van der Waals surface area contributed by atoms with E-state index in [4.69, 9.17) is 5.73 Å². The highest BCUT2D eigenvalue weighted by molar-refractivity contribution is 5.74. The first-order valence-corrected chi connectivity index (χ1v) is 5.04. The Balaban J connectivity index is 3.11. The van der Waals surface area contributed by atoms with Gasteiger partial charge < -0.3 is 20.7 Å². The van der Waals surface area contributed by atoms with Crippen molar-refractivity contribution >= 4 is 5.91 Å². The normalized spacial score (nSPS) is 14.1. The summed E-state index contributed by atoms with van der Waals surface area (Å²) in [5, 5.41) is 19.2. The second kappa shape index (κ2) is 5.74. The Morgan fingerprint density at radius 1 is 1.44 bits per heavy atom. The lowest BCUT2D eigenvalue weighted by Gasteiger charge is -2.19. The smallest absolute Gasteiger partial charge is 0.220 e. The van der Waals surface area contributed by atoms with Gasteiger partial charge >= 0.3 is 0 Å². The lowest BCUT2D eigenvalue weighted by Crippen LogP contribution is -2.26. The van der Waals surface area contributed by atoms with Crippen LogP contribution in [0.25, 0.3) is 0 Å². The highest BCUT2D eigenvalue weighted by atomic mass is 19.1. The molecule has 100 valence electrons. The van der Waals surface area contributed by atoms with Gasteiger partial charge in [-0.15, -0.1) is 0 Å². The summed E-state index contributed by atoms with van der Waals surface area (Å²) in [4.78, 5) is 10.6. The molecule has 0 radical (unpaired) electrons. The van der Waals surface area contributed by atoms with Crippen LogP contribution in [-0.4, -0.2) is 29.3 Å². The Labute approximate surface area is 102 Å². The van der Waals surface area contributed by atoms with Crippen LogP contribution in [0.1, 0.15) is 18.1 Å². The minimum atomic E-state index is -1.68. The second-order valence-corrected chi connectivity index (χ2v) is 3.69. The molecular weight excluding hydrogens is 248 g/mol. The average molecular weight is 261 g/mol. The van der Waals surface area contributed by atoms with Crippen LogP contribution in [0.5, 0.6) is 5.75 Å². The lowest BCUT2D eigenvalue weighted by atomic mass is 10.0. The van der Waals surface area contributed by atoms with Gasteiger partial charge in [0.1, 0.15) is 11.9 Å². The molecule has 0 saturated carbocycles. The molecule has 0 bridgehead atoms. The highest BCUT2D eigenvalue weighted by Gasteiger charge is 2.26. The third kappa shape index (κ3) is 3.14. The van der Waals surface area contributed by atoms with Gasteiger partial charge in [-0.05, 0) is 6.07 Å². The fourth-order valence-corrected chi connectivity index (χ4v) is 1.54. The van der Waals surface area contributed by atoms with Crippen molar-refractivity contribution in [2.24, 2.45) is 5.73 Å². The zero-order valence-electron chi connectivity index (χ0n) is 9.56. The molecule has 0 heterocycles. The van der Waals surface area contributed by atoms with Crippen LogP contribution in [0, 0.1) is 11.6 Å². The number of benzene rings is 1. The number of carbonyl (C=O) groups excluding carboxylic acids is 1. The third-order valence-electron chi connectivity index (χ3n) is 2.33. The first-order chi connectivity index (χ1) is 8.36. The summed E-state index contributed by atoms with van der Waals surface area (Å²) in [5.74, 6) is -3.20. The fourth-order valence-electron chi connectivity index (χ4n) is 1.54. The molecule has 1 aromatic rings. The lowest BCUT2D eigenvalue weighted by molar-refractivity contribution is -0.121. The Kier molecular flexibility index (Phi) is 4.57. The number of hydrogen-bond acceptors (Lipinski definition) is 4. The summed E-state index contributed by atoms with van der Waals surface area (Å²) in [6.45, 7) is 0. The summed E-state index contributed by atoms with van der Waals surface area (Å²) in [6, 6.07) is 1.40. The number of amides is 1. The molecule has 0 aliphatic carbocycles. The number of carbonyl (C=O) groups is 1. The topological polar surface area (TPSA) is 92.8 Å². The van der Waals surface area contributed by atoms with Gasteiger partial charge in [-0.2, -0.15) is 0 Å². The van der Waals surface area contributed by atoms with Crippen molar-refractivity contribution in [3.63, 3.8) is 0 Å². The van der Waals surface area contributed by atoms with Crippen molar-refractivity contribution in [2.75, 3.05) is 7.11 Å². The molecule has 2 atom stereocenters. The summed E-state index contributed by atoms with van der Waals surface area (Å²) in [5.41, 5.74) is 4.56. The summed E-state index contributed by atoms with van der Waals surface area (Å²) in [7, 11) is 1.13. The SMILES string of the molecule is COc1c(F)cc(F)cc1C(O)C(O)CC(N)=O. The maximum absolute atomic E-state index is 13.3. The fraction of sp³-hybridized carbons (Fsp3) is 0.364. The summed E-state index contributed by atoms with van der Waals surface area (Å²) in [6.07, 6.45) is -3.79.